The van der Waals surface area contributed by atoms with Crippen LogP contribution in [0.4, 0.5) is 0 Å². The largest absolute Gasteiger partial charge is 0.477 e. The maximum atomic E-state index is 11.0. The van der Waals surface area contributed by atoms with Gasteiger partial charge in [-0.15, -0.1) is 0 Å². The third-order valence-electron chi connectivity index (χ3n) is 2.43. The molecule has 2 heterocycles. The molecule has 17 heavy (non-hydrogen) atoms. The first-order chi connectivity index (χ1) is 7.91. The predicted octanol–water partition coefficient (Wildman–Crippen LogP) is 2.06. The zero-order chi connectivity index (χ0) is 12.6. The molecular formula is C11H13N3O3. The van der Waals surface area contributed by atoms with E-state index < -0.39 is 5.97 Å². The van der Waals surface area contributed by atoms with E-state index in [9.17, 15) is 4.79 Å². The van der Waals surface area contributed by atoms with Crippen LogP contribution in [0.25, 0.3) is 11.3 Å². The maximum absolute atomic E-state index is 11.0. The smallest absolute Gasteiger partial charge is 0.341 e. The molecule has 2 aromatic rings. The van der Waals surface area contributed by atoms with Gasteiger partial charge in [-0.1, -0.05) is 25.9 Å². The minimum atomic E-state index is -1.07. The molecule has 0 aromatic carbocycles. The van der Waals surface area contributed by atoms with Gasteiger partial charge in [0.05, 0.1) is 23.7 Å². The highest BCUT2D eigenvalue weighted by atomic mass is 16.5. The summed E-state index contributed by atoms with van der Waals surface area (Å²) in [5.41, 5.74) is 1.30. The van der Waals surface area contributed by atoms with Gasteiger partial charge in [0.25, 0.3) is 0 Å². The molecule has 90 valence electrons. The fraction of sp³-hybridized carbons (Fsp3) is 0.364. The maximum Gasteiger partial charge on any atom is 0.341 e. The molecule has 2 aromatic heterocycles. The molecule has 6 heteroatoms. The number of aromatic nitrogens is 3. The van der Waals surface area contributed by atoms with Crippen LogP contribution in [0.5, 0.6) is 0 Å². The van der Waals surface area contributed by atoms with E-state index in [1.165, 1.54) is 6.20 Å². The van der Waals surface area contributed by atoms with E-state index in [1.807, 2.05) is 20.8 Å². The number of aromatic carboxylic acids is 1. The van der Waals surface area contributed by atoms with E-state index in [2.05, 4.69) is 15.4 Å². The molecular weight excluding hydrogens is 222 g/mol. The van der Waals surface area contributed by atoms with Gasteiger partial charge in [0.2, 0.25) is 0 Å². The minimum Gasteiger partial charge on any atom is -0.477 e. The van der Waals surface area contributed by atoms with Gasteiger partial charge in [0.15, 0.2) is 5.76 Å². The highest BCUT2D eigenvalue weighted by Gasteiger charge is 2.26. The molecule has 0 radical (unpaired) electrons. The van der Waals surface area contributed by atoms with Crippen LogP contribution >= 0.6 is 0 Å². The van der Waals surface area contributed by atoms with Gasteiger partial charge in [-0.25, -0.2) is 4.79 Å². The molecule has 0 saturated heterocycles. The highest BCUT2D eigenvalue weighted by Crippen LogP contribution is 2.32. The molecule has 2 N–H and O–H groups in total. The Bertz CT molecular complexity index is 548. The Kier molecular flexibility index (Phi) is 2.49. The first kappa shape index (κ1) is 11.4. The molecule has 0 aliphatic carbocycles. The molecule has 0 amide bonds. The standard InChI is InChI=1S/C11H13N3O3/c1-11(2,3)9-6(4-12-14-9)8-7(10(15)16)5-13-17-8/h4-5H,1-3H3,(H,12,14)(H,15,16). The average molecular weight is 235 g/mol. The average Bonchev–Trinajstić information content (AvgIpc) is 2.84. The number of nitrogens with one attached hydrogen (secondary N) is 1. The SMILES string of the molecule is CC(C)(C)c1[nH]ncc1-c1oncc1C(=O)O. The van der Waals surface area contributed by atoms with Crippen LogP contribution in [-0.4, -0.2) is 26.4 Å². The number of carbonyl (C=O) groups is 1. The number of aromatic amines is 1. The monoisotopic (exact) mass is 235 g/mol. The Balaban J connectivity index is 2.58. The molecule has 0 atom stereocenters. The zero-order valence-corrected chi connectivity index (χ0v) is 9.81. The molecule has 0 fully saturated rings. The van der Waals surface area contributed by atoms with Gasteiger partial charge >= 0.3 is 5.97 Å². The summed E-state index contributed by atoms with van der Waals surface area (Å²) in [5.74, 6) is -0.835. The van der Waals surface area contributed by atoms with Crippen molar-refractivity contribution >= 4 is 5.97 Å². The Labute approximate surface area is 97.6 Å². The van der Waals surface area contributed by atoms with E-state index in [-0.39, 0.29) is 16.7 Å². The Hall–Kier alpha value is -2.11. The van der Waals surface area contributed by atoms with Crippen LogP contribution in [0.2, 0.25) is 0 Å². The van der Waals surface area contributed by atoms with Crippen molar-refractivity contribution in [1.82, 2.24) is 15.4 Å². The van der Waals surface area contributed by atoms with Gasteiger partial charge < -0.3 is 9.63 Å². The second-order valence-electron chi connectivity index (χ2n) is 4.78. The van der Waals surface area contributed by atoms with Crippen LogP contribution in [0.3, 0.4) is 0 Å². The fourth-order valence-electron chi connectivity index (χ4n) is 1.62. The lowest BCUT2D eigenvalue weighted by Gasteiger charge is -2.17. The van der Waals surface area contributed by atoms with Gasteiger partial charge in [0.1, 0.15) is 5.56 Å². The number of hydrogen-bond donors (Lipinski definition) is 2. The van der Waals surface area contributed by atoms with Crippen molar-refractivity contribution in [1.29, 1.82) is 0 Å². The lowest BCUT2D eigenvalue weighted by molar-refractivity contribution is 0.0697. The number of hydrogen-bond acceptors (Lipinski definition) is 4. The van der Waals surface area contributed by atoms with E-state index in [0.29, 0.717) is 5.56 Å². The molecule has 6 nitrogen and oxygen atoms in total. The second kappa shape index (κ2) is 3.73. The summed E-state index contributed by atoms with van der Waals surface area (Å²) in [7, 11) is 0. The highest BCUT2D eigenvalue weighted by molar-refractivity contribution is 5.94. The van der Waals surface area contributed by atoms with Gasteiger partial charge in [0, 0.05) is 5.41 Å². The van der Waals surface area contributed by atoms with Gasteiger partial charge in [-0.05, 0) is 0 Å². The lowest BCUT2D eigenvalue weighted by atomic mass is 9.88. The van der Waals surface area contributed by atoms with Crippen molar-refractivity contribution in [2.45, 2.75) is 26.2 Å². The summed E-state index contributed by atoms with van der Waals surface area (Å²) in [6, 6.07) is 0. The Morgan fingerprint density at radius 1 is 1.41 bits per heavy atom. The number of nitrogens with zero attached hydrogens (tertiary/aromatic N) is 2. The number of H-pyrrole nitrogens is 1. The number of carboxylic acids is 1. The topological polar surface area (TPSA) is 92.0 Å². The molecule has 0 bridgehead atoms. The van der Waals surface area contributed by atoms with E-state index in [4.69, 9.17) is 9.63 Å². The van der Waals surface area contributed by atoms with Crippen molar-refractivity contribution in [3.63, 3.8) is 0 Å². The summed E-state index contributed by atoms with van der Waals surface area (Å²) in [6.45, 7) is 6.00. The van der Waals surface area contributed by atoms with Crippen molar-refractivity contribution in [3.05, 3.63) is 23.7 Å². The third-order valence-corrected chi connectivity index (χ3v) is 2.43. The van der Waals surface area contributed by atoms with Crippen LogP contribution in [0, 0.1) is 0 Å². The second-order valence-corrected chi connectivity index (χ2v) is 4.78. The quantitative estimate of drug-likeness (QED) is 0.831. The molecule has 0 aliphatic heterocycles. The van der Waals surface area contributed by atoms with Crippen molar-refractivity contribution in [3.8, 4) is 11.3 Å². The summed E-state index contributed by atoms with van der Waals surface area (Å²) in [4.78, 5) is 11.0. The van der Waals surface area contributed by atoms with Gasteiger partial charge in [-0.3, -0.25) is 5.10 Å². The van der Waals surface area contributed by atoms with Crippen LogP contribution < -0.4 is 0 Å². The summed E-state index contributed by atoms with van der Waals surface area (Å²) < 4.78 is 5.02. The minimum absolute atomic E-state index is 0.0388. The third kappa shape index (κ3) is 1.93. The molecule has 0 saturated carbocycles. The van der Waals surface area contributed by atoms with Crippen LogP contribution in [-0.2, 0) is 5.41 Å². The Morgan fingerprint density at radius 2 is 2.12 bits per heavy atom. The summed E-state index contributed by atoms with van der Waals surface area (Å²) >= 11 is 0. The summed E-state index contributed by atoms with van der Waals surface area (Å²) in [5, 5.41) is 19.4. The molecule has 0 aliphatic rings. The van der Waals surface area contributed by atoms with Crippen LogP contribution in [0.1, 0.15) is 36.8 Å². The van der Waals surface area contributed by atoms with Crippen molar-refractivity contribution < 1.29 is 14.4 Å². The van der Waals surface area contributed by atoms with Gasteiger partial charge in [-0.2, -0.15) is 5.10 Å². The molecule has 0 spiro atoms. The first-order valence-electron chi connectivity index (χ1n) is 5.13. The number of rotatable bonds is 2. The van der Waals surface area contributed by atoms with Crippen molar-refractivity contribution in [2.75, 3.05) is 0 Å². The lowest BCUT2D eigenvalue weighted by Crippen LogP contribution is -2.13. The normalized spacial score (nSPS) is 11.7. The molecule has 2 rings (SSSR count). The fourth-order valence-corrected chi connectivity index (χ4v) is 1.62. The first-order valence-corrected chi connectivity index (χ1v) is 5.13. The molecule has 0 unspecified atom stereocenters. The summed E-state index contributed by atoms with van der Waals surface area (Å²) in [6.07, 6.45) is 2.74. The van der Waals surface area contributed by atoms with E-state index in [1.54, 1.807) is 6.20 Å². The predicted molar refractivity (Wildman–Crippen MR) is 59.7 cm³/mol. The van der Waals surface area contributed by atoms with Crippen LogP contribution in [0.15, 0.2) is 16.9 Å². The van der Waals surface area contributed by atoms with Crippen molar-refractivity contribution in [2.24, 2.45) is 0 Å². The van der Waals surface area contributed by atoms with E-state index in [0.717, 1.165) is 5.69 Å². The Morgan fingerprint density at radius 3 is 2.71 bits per heavy atom. The number of carboxylic acid groups (broad SMARTS) is 1. The van der Waals surface area contributed by atoms with E-state index >= 15 is 0 Å². The zero-order valence-electron chi connectivity index (χ0n) is 9.81.